The van der Waals surface area contributed by atoms with Gasteiger partial charge in [-0.15, -0.1) is 12.4 Å². The van der Waals surface area contributed by atoms with Crippen molar-refractivity contribution in [2.24, 2.45) is 5.73 Å². The van der Waals surface area contributed by atoms with Crippen LogP contribution < -0.4 is 21.1 Å². The maximum atomic E-state index is 12.4. The summed E-state index contributed by atoms with van der Waals surface area (Å²) in [4.78, 5) is 23.7. The Labute approximate surface area is 142 Å². The van der Waals surface area contributed by atoms with Crippen LogP contribution in [0.2, 0.25) is 0 Å². The van der Waals surface area contributed by atoms with Gasteiger partial charge in [-0.2, -0.15) is 0 Å². The zero-order valence-electron chi connectivity index (χ0n) is 13.5. The number of carbonyl (C=O) groups excluding carboxylic acids is 2. The largest absolute Gasteiger partial charge is 0.495 e. The summed E-state index contributed by atoms with van der Waals surface area (Å²) in [6.07, 6.45) is 4.48. The molecule has 1 saturated carbocycles. The number of nitrogens with one attached hydrogen (secondary N) is 2. The number of carbonyl (C=O) groups is 2. The van der Waals surface area contributed by atoms with E-state index in [2.05, 4.69) is 10.6 Å². The number of hydrogen-bond acceptors (Lipinski definition) is 4. The van der Waals surface area contributed by atoms with Crippen molar-refractivity contribution >= 4 is 35.6 Å². The van der Waals surface area contributed by atoms with Gasteiger partial charge < -0.3 is 21.1 Å². The third-order valence-corrected chi connectivity index (χ3v) is 3.97. The van der Waals surface area contributed by atoms with Gasteiger partial charge in [0.05, 0.1) is 18.3 Å². The standard InChI is InChI=1S/C16H23N3O3.ClH/c1-11(20)18-13-10-12(6-7-14(13)22-2)19-15(21)16(17)8-4-3-5-9-16;/h6-7,10H,3-5,8-9,17H2,1-2H3,(H,18,20)(H,19,21);1H. The Morgan fingerprint density at radius 2 is 1.83 bits per heavy atom. The molecule has 1 fully saturated rings. The van der Waals surface area contributed by atoms with Crippen LogP contribution in [0.15, 0.2) is 18.2 Å². The molecule has 0 unspecified atom stereocenters. The van der Waals surface area contributed by atoms with Gasteiger partial charge >= 0.3 is 0 Å². The highest BCUT2D eigenvalue weighted by Gasteiger charge is 2.35. The fourth-order valence-electron chi connectivity index (χ4n) is 2.74. The number of nitrogens with two attached hydrogens (primary N) is 1. The fourth-order valence-corrected chi connectivity index (χ4v) is 2.74. The molecule has 0 heterocycles. The van der Waals surface area contributed by atoms with Crippen LogP contribution in [0.5, 0.6) is 5.75 Å². The van der Waals surface area contributed by atoms with E-state index >= 15 is 0 Å². The second kappa shape index (κ2) is 8.17. The molecule has 0 aliphatic heterocycles. The quantitative estimate of drug-likeness (QED) is 0.784. The molecule has 1 aliphatic rings. The number of benzene rings is 1. The van der Waals surface area contributed by atoms with Gasteiger partial charge in [0.1, 0.15) is 5.75 Å². The lowest BCUT2D eigenvalue weighted by atomic mass is 9.82. The molecule has 0 bridgehead atoms. The van der Waals surface area contributed by atoms with Crippen LogP contribution in [0.3, 0.4) is 0 Å². The van der Waals surface area contributed by atoms with Crippen LogP contribution in [0, 0.1) is 0 Å². The van der Waals surface area contributed by atoms with E-state index in [-0.39, 0.29) is 24.2 Å². The molecule has 1 aromatic carbocycles. The van der Waals surface area contributed by atoms with E-state index in [4.69, 9.17) is 10.5 Å². The minimum atomic E-state index is -0.799. The molecule has 4 N–H and O–H groups in total. The number of amides is 2. The van der Waals surface area contributed by atoms with E-state index < -0.39 is 5.54 Å². The van der Waals surface area contributed by atoms with Crippen LogP contribution in [0.25, 0.3) is 0 Å². The minimum Gasteiger partial charge on any atom is -0.495 e. The van der Waals surface area contributed by atoms with E-state index in [1.807, 2.05) is 0 Å². The fraction of sp³-hybridized carbons (Fsp3) is 0.500. The van der Waals surface area contributed by atoms with Gasteiger partial charge in [-0.05, 0) is 31.0 Å². The maximum absolute atomic E-state index is 12.4. The predicted octanol–water partition coefficient (Wildman–Crippen LogP) is 2.68. The van der Waals surface area contributed by atoms with E-state index in [9.17, 15) is 9.59 Å². The molecule has 7 heteroatoms. The Hall–Kier alpha value is -1.79. The molecule has 1 aromatic rings. The molecule has 2 amide bonds. The SMILES string of the molecule is COc1ccc(NC(=O)C2(N)CCCCC2)cc1NC(C)=O.Cl. The average Bonchev–Trinajstić information content (AvgIpc) is 2.47. The molecule has 128 valence electrons. The Kier molecular flexibility index (Phi) is 6.84. The van der Waals surface area contributed by atoms with Crippen LogP contribution in [0.4, 0.5) is 11.4 Å². The van der Waals surface area contributed by atoms with Crippen LogP contribution in [-0.4, -0.2) is 24.5 Å². The lowest BCUT2D eigenvalue weighted by Gasteiger charge is -2.31. The molecule has 0 radical (unpaired) electrons. The number of rotatable bonds is 4. The summed E-state index contributed by atoms with van der Waals surface area (Å²) in [6.45, 7) is 1.42. The first-order valence-corrected chi connectivity index (χ1v) is 7.50. The van der Waals surface area contributed by atoms with Crippen molar-refractivity contribution in [3.63, 3.8) is 0 Å². The maximum Gasteiger partial charge on any atom is 0.244 e. The highest BCUT2D eigenvalue weighted by molar-refractivity contribution is 5.99. The van der Waals surface area contributed by atoms with E-state index in [1.165, 1.54) is 14.0 Å². The first kappa shape index (κ1) is 19.3. The Morgan fingerprint density at radius 3 is 2.39 bits per heavy atom. The van der Waals surface area contributed by atoms with Gasteiger partial charge in [0, 0.05) is 12.6 Å². The highest BCUT2D eigenvalue weighted by Crippen LogP contribution is 2.30. The van der Waals surface area contributed by atoms with E-state index in [1.54, 1.807) is 18.2 Å². The van der Waals surface area contributed by atoms with Crippen LogP contribution in [0.1, 0.15) is 39.0 Å². The summed E-state index contributed by atoms with van der Waals surface area (Å²) in [6, 6.07) is 5.10. The third-order valence-electron chi connectivity index (χ3n) is 3.97. The first-order valence-electron chi connectivity index (χ1n) is 7.50. The lowest BCUT2D eigenvalue weighted by molar-refractivity contribution is -0.122. The van der Waals surface area contributed by atoms with Crippen molar-refractivity contribution in [2.75, 3.05) is 17.7 Å². The second-order valence-corrected chi connectivity index (χ2v) is 5.77. The predicted molar refractivity (Wildman–Crippen MR) is 93.2 cm³/mol. The molecule has 1 aliphatic carbocycles. The zero-order chi connectivity index (χ0) is 16.2. The normalized spacial score (nSPS) is 16.0. The molecule has 0 aromatic heterocycles. The number of halogens is 1. The van der Waals surface area contributed by atoms with Crippen LogP contribution in [-0.2, 0) is 9.59 Å². The third kappa shape index (κ3) is 4.84. The van der Waals surface area contributed by atoms with E-state index in [0.717, 1.165) is 19.3 Å². The average molecular weight is 342 g/mol. The first-order chi connectivity index (χ1) is 10.4. The summed E-state index contributed by atoms with van der Waals surface area (Å²) in [5.74, 6) is 0.156. The number of hydrogen-bond donors (Lipinski definition) is 3. The van der Waals surface area contributed by atoms with Crippen LogP contribution >= 0.6 is 12.4 Å². The molecular formula is C16H24ClN3O3. The van der Waals surface area contributed by atoms with Crippen molar-refractivity contribution in [3.05, 3.63) is 18.2 Å². The molecule has 0 spiro atoms. The van der Waals surface area contributed by atoms with Crippen molar-refractivity contribution in [2.45, 2.75) is 44.6 Å². The molecule has 2 rings (SSSR count). The molecule has 23 heavy (non-hydrogen) atoms. The topological polar surface area (TPSA) is 93.4 Å². The van der Waals surface area contributed by atoms with Gasteiger partial charge in [0.2, 0.25) is 11.8 Å². The minimum absolute atomic E-state index is 0. The van der Waals surface area contributed by atoms with Gasteiger partial charge in [0.25, 0.3) is 0 Å². The lowest BCUT2D eigenvalue weighted by Crippen LogP contribution is -2.52. The van der Waals surface area contributed by atoms with Gasteiger partial charge in [-0.25, -0.2) is 0 Å². The van der Waals surface area contributed by atoms with Crippen molar-refractivity contribution in [3.8, 4) is 5.75 Å². The zero-order valence-corrected chi connectivity index (χ0v) is 14.3. The Balaban J connectivity index is 0.00000264. The smallest absolute Gasteiger partial charge is 0.244 e. The summed E-state index contributed by atoms with van der Waals surface area (Å²) in [7, 11) is 1.52. The summed E-state index contributed by atoms with van der Waals surface area (Å²) in [5.41, 5.74) is 6.52. The highest BCUT2D eigenvalue weighted by atomic mass is 35.5. The molecule has 0 atom stereocenters. The van der Waals surface area contributed by atoms with Crippen molar-refractivity contribution in [1.82, 2.24) is 0 Å². The number of ether oxygens (including phenoxy) is 1. The van der Waals surface area contributed by atoms with Crippen molar-refractivity contribution in [1.29, 1.82) is 0 Å². The summed E-state index contributed by atoms with van der Waals surface area (Å²) in [5, 5.41) is 5.53. The number of methoxy groups -OCH3 is 1. The Morgan fingerprint density at radius 1 is 1.17 bits per heavy atom. The van der Waals surface area contributed by atoms with Gasteiger partial charge in [-0.1, -0.05) is 19.3 Å². The molecular weight excluding hydrogens is 318 g/mol. The number of anilines is 2. The van der Waals surface area contributed by atoms with Gasteiger partial charge in [-0.3, -0.25) is 9.59 Å². The van der Waals surface area contributed by atoms with E-state index in [0.29, 0.717) is 30.0 Å². The Bertz CT molecular complexity index is 572. The summed E-state index contributed by atoms with van der Waals surface area (Å²) < 4.78 is 5.19. The summed E-state index contributed by atoms with van der Waals surface area (Å²) >= 11 is 0. The molecule has 0 saturated heterocycles. The monoisotopic (exact) mass is 341 g/mol. The van der Waals surface area contributed by atoms with Crippen molar-refractivity contribution < 1.29 is 14.3 Å². The second-order valence-electron chi connectivity index (χ2n) is 5.77. The van der Waals surface area contributed by atoms with Gasteiger partial charge in [0.15, 0.2) is 0 Å². The molecule has 6 nitrogen and oxygen atoms in total.